The number of amides is 2. The zero-order valence-corrected chi connectivity index (χ0v) is 22.6. The zero-order valence-electron chi connectivity index (χ0n) is 22.6. The second kappa shape index (κ2) is 14.0. The molecule has 0 spiro atoms. The first-order valence-corrected chi connectivity index (χ1v) is 13.3. The molecule has 11 nitrogen and oxygen atoms in total. The third kappa shape index (κ3) is 9.55. The van der Waals surface area contributed by atoms with Crippen molar-refractivity contribution in [3.05, 3.63) is 52.6 Å². The fourth-order valence-corrected chi connectivity index (χ4v) is 4.43. The number of hydrogen-bond acceptors (Lipinski definition) is 8. The van der Waals surface area contributed by atoms with Gasteiger partial charge in [0.05, 0.1) is 5.69 Å². The third-order valence-corrected chi connectivity index (χ3v) is 6.62. The van der Waals surface area contributed by atoms with Crippen LogP contribution < -0.4 is 27.8 Å². The van der Waals surface area contributed by atoms with Crippen molar-refractivity contribution < 1.29 is 9.59 Å². The van der Waals surface area contributed by atoms with Gasteiger partial charge in [0.2, 0.25) is 12.3 Å². The van der Waals surface area contributed by atoms with Gasteiger partial charge in [0.25, 0.3) is 0 Å². The maximum Gasteiger partial charge on any atom is 0.354 e. The molecular formula is C27H42N8O3. The number of likely N-dealkylation sites (tertiary alicyclic amines) is 1. The van der Waals surface area contributed by atoms with Gasteiger partial charge in [-0.2, -0.15) is 4.98 Å². The summed E-state index contributed by atoms with van der Waals surface area (Å²) in [5, 5.41) is 5.68. The Morgan fingerprint density at radius 1 is 1.16 bits per heavy atom. The van der Waals surface area contributed by atoms with Crippen molar-refractivity contribution >= 4 is 18.1 Å². The molecule has 1 aromatic carbocycles. The van der Waals surface area contributed by atoms with Crippen molar-refractivity contribution in [1.82, 2.24) is 24.7 Å². The summed E-state index contributed by atoms with van der Waals surface area (Å²) in [7, 11) is 0. The van der Waals surface area contributed by atoms with Crippen molar-refractivity contribution in [1.29, 1.82) is 0 Å². The minimum atomic E-state index is -0.632. The molecule has 1 aliphatic heterocycles. The van der Waals surface area contributed by atoms with Gasteiger partial charge in [-0.05, 0) is 70.0 Å². The number of carbonyl (C=O) groups excluding carboxylic acids is 2. The number of aromatic nitrogens is 2. The van der Waals surface area contributed by atoms with E-state index in [2.05, 4.69) is 32.7 Å². The lowest BCUT2D eigenvalue weighted by Crippen LogP contribution is -2.44. The number of rotatable bonds is 14. The predicted molar refractivity (Wildman–Crippen MR) is 149 cm³/mol. The highest BCUT2D eigenvalue weighted by Gasteiger charge is 2.21. The Bertz CT molecular complexity index is 1090. The fourth-order valence-electron chi connectivity index (χ4n) is 4.43. The van der Waals surface area contributed by atoms with E-state index in [0.29, 0.717) is 44.4 Å². The molecule has 0 unspecified atom stereocenters. The molecule has 11 heteroatoms. The third-order valence-electron chi connectivity index (χ3n) is 6.62. The summed E-state index contributed by atoms with van der Waals surface area (Å²) in [5.74, 6) is 0.334. The molecule has 1 aromatic heterocycles. The average molecular weight is 527 g/mol. The largest absolute Gasteiger partial charge is 0.368 e. The second-order valence-corrected chi connectivity index (χ2v) is 10.6. The number of nitrogens with two attached hydrogens (primary N) is 2. The number of anilines is 1. The number of piperidine rings is 1. The Morgan fingerprint density at radius 2 is 1.84 bits per heavy atom. The van der Waals surface area contributed by atoms with Crippen molar-refractivity contribution in [3.8, 4) is 5.69 Å². The molecule has 0 bridgehead atoms. The highest BCUT2D eigenvalue weighted by molar-refractivity contribution is 5.77. The van der Waals surface area contributed by atoms with E-state index in [9.17, 15) is 14.4 Å². The summed E-state index contributed by atoms with van der Waals surface area (Å²) >= 11 is 0. The van der Waals surface area contributed by atoms with Gasteiger partial charge < -0.3 is 31.9 Å². The zero-order chi connectivity index (χ0) is 27.5. The van der Waals surface area contributed by atoms with Crippen molar-refractivity contribution in [2.24, 2.45) is 11.5 Å². The molecule has 3 rings (SSSR count). The minimum Gasteiger partial charge on any atom is -0.368 e. The highest BCUT2D eigenvalue weighted by Crippen LogP contribution is 2.13. The Morgan fingerprint density at radius 3 is 2.47 bits per heavy atom. The van der Waals surface area contributed by atoms with E-state index < -0.39 is 5.54 Å². The van der Waals surface area contributed by atoms with E-state index in [0.717, 1.165) is 44.6 Å². The van der Waals surface area contributed by atoms with Crippen LogP contribution in [0, 0.1) is 0 Å². The second-order valence-electron chi connectivity index (χ2n) is 10.6. The summed E-state index contributed by atoms with van der Waals surface area (Å²) in [6.45, 7) is 8.20. The molecule has 2 amide bonds. The summed E-state index contributed by atoms with van der Waals surface area (Å²) in [4.78, 5) is 44.1. The summed E-state index contributed by atoms with van der Waals surface area (Å²) in [5.41, 5.74) is 12.9. The Labute approximate surface area is 224 Å². The monoisotopic (exact) mass is 526 g/mol. The van der Waals surface area contributed by atoms with Crippen LogP contribution in [0.3, 0.4) is 0 Å². The van der Waals surface area contributed by atoms with E-state index in [1.54, 1.807) is 31.0 Å². The van der Waals surface area contributed by atoms with E-state index in [1.165, 1.54) is 10.1 Å². The van der Waals surface area contributed by atoms with Gasteiger partial charge in [-0.1, -0.05) is 12.1 Å². The van der Waals surface area contributed by atoms with Gasteiger partial charge in [0.15, 0.2) is 0 Å². The van der Waals surface area contributed by atoms with E-state index in [4.69, 9.17) is 11.5 Å². The first kappa shape index (κ1) is 29.3. The van der Waals surface area contributed by atoms with Gasteiger partial charge in [-0.3, -0.25) is 14.2 Å². The first-order chi connectivity index (χ1) is 18.1. The van der Waals surface area contributed by atoms with Gasteiger partial charge in [0, 0.05) is 56.9 Å². The van der Waals surface area contributed by atoms with Crippen LogP contribution >= 0.6 is 0 Å². The van der Waals surface area contributed by atoms with Gasteiger partial charge in [-0.25, -0.2) is 4.79 Å². The molecule has 1 aliphatic rings. The Kier molecular flexibility index (Phi) is 10.8. The summed E-state index contributed by atoms with van der Waals surface area (Å²) in [6.07, 6.45) is 5.56. The molecule has 0 saturated carbocycles. The molecule has 2 aromatic rings. The number of nitrogens with one attached hydrogen (secondary N) is 2. The van der Waals surface area contributed by atoms with Crippen LogP contribution in [0.5, 0.6) is 0 Å². The van der Waals surface area contributed by atoms with Crippen LogP contribution in [0.4, 0.5) is 5.82 Å². The Balaban J connectivity index is 1.53. The molecule has 0 radical (unpaired) electrons. The van der Waals surface area contributed by atoms with Crippen LogP contribution in [0.2, 0.25) is 0 Å². The van der Waals surface area contributed by atoms with Crippen LogP contribution in [0.15, 0.2) is 41.3 Å². The van der Waals surface area contributed by atoms with Crippen molar-refractivity contribution in [2.75, 3.05) is 51.1 Å². The summed E-state index contributed by atoms with van der Waals surface area (Å²) < 4.78 is 1.51. The predicted octanol–water partition coefficient (Wildman–Crippen LogP) is 0.312. The van der Waals surface area contributed by atoms with Crippen LogP contribution in [0.25, 0.3) is 5.69 Å². The smallest absolute Gasteiger partial charge is 0.354 e. The molecule has 2 heterocycles. The topological polar surface area (TPSA) is 152 Å². The molecule has 1 saturated heterocycles. The lowest BCUT2D eigenvalue weighted by atomic mass is 10.0. The molecule has 6 N–H and O–H groups in total. The average Bonchev–Trinajstić information content (AvgIpc) is 2.87. The first-order valence-electron chi connectivity index (χ1n) is 13.3. The summed E-state index contributed by atoms with van der Waals surface area (Å²) in [6, 6.07) is 10.1. The van der Waals surface area contributed by atoms with Crippen LogP contribution in [-0.2, 0) is 16.0 Å². The maximum atomic E-state index is 12.7. The molecule has 0 atom stereocenters. The van der Waals surface area contributed by atoms with E-state index >= 15 is 0 Å². The number of nitrogens with zero attached hydrogens (tertiary/aromatic N) is 4. The Hall–Kier alpha value is -3.28. The molecule has 38 heavy (non-hydrogen) atoms. The van der Waals surface area contributed by atoms with Gasteiger partial charge in [0.1, 0.15) is 5.82 Å². The maximum absolute atomic E-state index is 12.7. The molecule has 1 fully saturated rings. The van der Waals surface area contributed by atoms with E-state index in [-0.39, 0.29) is 18.0 Å². The SMILES string of the molecule is CC(C)(N)CC(=O)N(CCNC=O)CCNc1ccn(-c2ccc(CCN3CCC(N)CC3)cc2)c(=O)n1. The number of hydrogen-bond donors (Lipinski definition) is 4. The van der Waals surface area contributed by atoms with Crippen molar-refractivity contribution in [3.63, 3.8) is 0 Å². The molecular weight excluding hydrogens is 484 g/mol. The van der Waals surface area contributed by atoms with Gasteiger partial charge >= 0.3 is 5.69 Å². The van der Waals surface area contributed by atoms with Gasteiger partial charge in [-0.15, -0.1) is 0 Å². The van der Waals surface area contributed by atoms with Crippen LogP contribution in [-0.4, -0.2) is 89.1 Å². The molecule has 0 aliphatic carbocycles. The van der Waals surface area contributed by atoms with Crippen LogP contribution in [0.1, 0.15) is 38.7 Å². The van der Waals surface area contributed by atoms with Crippen molar-refractivity contribution in [2.45, 2.75) is 51.1 Å². The lowest BCUT2D eigenvalue weighted by Gasteiger charge is -2.29. The quantitative estimate of drug-likeness (QED) is 0.203. The van der Waals surface area contributed by atoms with E-state index in [1.807, 2.05) is 12.1 Å². The normalized spacial score (nSPS) is 14.7. The molecule has 208 valence electrons. The lowest BCUT2D eigenvalue weighted by molar-refractivity contribution is -0.132. The number of carbonyl (C=O) groups is 2. The minimum absolute atomic E-state index is 0.0982. The standard InChI is InChI=1S/C27H42N8O3/c1-27(2,29)19-25(37)34(17-11-30-20-36)18-12-31-24-10-16-35(26(38)32-24)23-5-3-21(4-6-23)7-13-33-14-8-22(28)9-15-33/h3-6,10,16,20,22H,7-9,11-15,17-19,28-29H2,1-2H3,(H,30,36)(H,31,32,38). The fraction of sp³-hybridized carbons (Fsp3) is 0.556. The highest BCUT2D eigenvalue weighted by atomic mass is 16.2. The number of benzene rings is 1.